The number of rotatable bonds is 4. The third-order valence-corrected chi connectivity index (χ3v) is 7.86. The number of H-pyrrole nitrogens is 1. The second-order valence-corrected chi connectivity index (χ2v) is 11.1. The Morgan fingerprint density at radius 1 is 1.07 bits per heavy atom. The van der Waals surface area contributed by atoms with Crippen molar-refractivity contribution in [2.24, 2.45) is 0 Å². The number of methoxy groups -OCH3 is 1. The first-order chi connectivity index (χ1) is 20.0. The van der Waals surface area contributed by atoms with Crippen LogP contribution in [-0.2, 0) is 22.7 Å². The molecule has 10 heteroatoms. The predicted molar refractivity (Wildman–Crippen MR) is 152 cm³/mol. The van der Waals surface area contributed by atoms with Gasteiger partial charge < -0.3 is 24.8 Å². The van der Waals surface area contributed by atoms with Gasteiger partial charge in [-0.3, -0.25) is 19.6 Å². The zero-order chi connectivity index (χ0) is 28.2. The molecule has 3 N–H and O–H groups in total. The number of nitrogens with one attached hydrogen (secondary N) is 3. The summed E-state index contributed by atoms with van der Waals surface area (Å²) in [5.41, 5.74) is 3.65. The Hall–Kier alpha value is -3.89. The van der Waals surface area contributed by atoms with E-state index in [2.05, 4.69) is 31.8 Å². The molecule has 1 aromatic heterocycles. The lowest BCUT2D eigenvalue weighted by atomic mass is 10.0. The van der Waals surface area contributed by atoms with E-state index >= 15 is 0 Å². The number of carbonyl (C=O) groups is 2. The van der Waals surface area contributed by atoms with Gasteiger partial charge in [-0.25, -0.2) is 0 Å². The molecule has 1 saturated heterocycles. The van der Waals surface area contributed by atoms with Gasteiger partial charge in [0.25, 0.3) is 5.91 Å². The summed E-state index contributed by atoms with van der Waals surface area (Å²) >= 11 is 0. The van der Waals surface area contributed by atoms with Gasteiger partial charge in [-0.1, -0.05) is 12.1 Å². The van der Waals surface area contributed by atoms with Crippen LogP contribution >= 0.6 is 0 Å². The molecule has 2 aromatic carbocycles. The van der Waals surface area contributed by atoms with Gasteiger partial charge in [0.15, 0.2) is 0 Å². The molecule has 0 spiro atoms. The number of aromatic amines is 1. The highest BCUT2D eigenvalue weighted by molar-refractivity contribution is 5.95. The topological polar surface area (TPSA) is 118 Å². The fraction of sp³-hybridized carbons (Fsp3) is 0.452. The lowest BCUT2D eigenvalue weighted by Crippen LogP contribution is -2.55. The third kappa shape index (κ3) is 7.07. The maximum absolute atomic E-state index is 13.0. The van der Waals surface area contributed by atoms with Crippen LogP contribution in [0.1, 0.15) is 65.3 Å². The molecule has 2 amide bonds. The summed E-state index contributed by atoms with van der Waals surface area (Å²) in [6, 6.07) is 14.8. The number of hydrogen-bond donors (Lipinski definition) is 3. The van der Waals surface area contributed by atoms with E-state index in [1.54, 1.807) is 25.3 Å². The van der Waals surface area contributed by atoms with Crippen LogP contribution < -0.4 is 20.1 Å². The summed E-state index contributed by atoms with van der Waals surface area (Å²) in [6.45, 7) is 3.08. The van der Waals surface area contributed by atoms with E-state index < -0.39 is 0 Å². The van der Waals surface area contributed by atoms with E-state index in [0.717, 1.165) is 36.5 Å². The van der Waals surface area contributed by atoms with Crippen molar-refractivity contribution in [1.29, 1.82) is 0 Å². The molecule has 0 radical (unpaired) electrons. The van der Waals surface area contributed by atoms with Crippen LogP contribution in [0.4, 0.5) is 0 Å². The van der Waals surface area contributed by atoms with Gasteiger partial charge in [0.2, 0.25) is 5.91 Å². The molecule has 3 aliphatic rings. The van der Waals surface area contributed by atoms with Crippen molar-refractivity contribution in [3.05, 3.63) is 71.0 Å². The molecule has 2 fully saturated rings. The summed E-state index contributed by atoms with van der Waals surface area (Å²) in [5, 5.41) is 13.8. The van der Waals surface area contributed by atoms with Gasteiger partial charge in [0, 0.05) is 55.8 Å². The number of fused-ring (bicyclic) bond motifs is 5. The van der Waals surface area contributed by atoms with Gasteiger partial charge in [0.05, 0.1) is 31.6 Å². The lowest BCUT2D eigenvalue weighted by Gasteiger charge is -2.38. The molecular formula is C31H37N5O5. The summed E-state index contributed by atoms with van der Waals surface area (Å²) < 4.78 is 17.9. The van der Waals surface area contributed by atoms with Gasteiger partial charge >= 0.3 is 0 Å². The van der Waals surface area contributed by atoms with Crippen LogP contribution in [0.5, 0.6) is 17.2 Å². The Bertz CT molecular complexity index is 1390. The Morgan fingerprint density at radius 3 is 2.83 bits per heavy atom. The van der Waals surface area contributed by atoms with Crippen LogP contribution in [0.3, 0.4) is 0 Å². The maximum Gasteiger partial charge on any atom is 0.251 e. The number of likely N-dealkylation sites (tertiary alicyclic amines) is 1. The first kappa shape index (κ1) is 27.3. The summed E-state index contributed by atoms with van der Waals surface area (Å²) in [7, 11) is 1.55. The zero-order valence-electron chi connectivity index (χ0n) is 23.4. The number of aromatic nitrogens is 2. The molecule has 216 valence electrons. The van der Waals surface area contributed by atoms with Crippen molar-refractivity contribution < 1.29 is 23.8 Å². The van der Waals surface area contributed by atoms with E-state index in [1.807, 2.05) is 24.3 Å². The van der Waals surface area contributed by atoms with Crippen LogP contribution in [0.2, 0.25) is 0 Å². The molecular weight excluding hydrogens is 522 g/mol. The smallest absolute Gasteiger partial charge is 0.251 e. The number of amides is 2. The normalized spacial score (nSPS) is 22.4. The van der Waals surface area contributed by atoms with Crippen LogP contribution in [-0.4, -0.2) is 65.8 Å². The molecule has 3 heterocycles. The van der Waals surface area contributed by atoms with Crippen molar-refractivity contribution in [2.75, 3.05) is 26.7 Å². The van der Waals surface area contributed by atoms with Gasteiger partial charge in [-0.05, 0) is 61.6 Å². The third-order valence-electron chi connectivity index (χ3n) is 7.86. The average Bonchev–Trinajstić information content (AvgIpc) is 3.72. The van der Waals surface area contributed by atoms with Crippen molar-refractivity contribution in [1.82, 2.24) is 25.7 Å². The van der Waals surface area contributed by atoms with Gasteiger partial charge in [-0.2, -0.15) is 5.10 Å². The lowest BCUT2D eigenvalue weighted by molar-refractivity contribution is -0.124. The van der Waals surface area contributed by atoms with Crippen molar-refractivity contribution in [2.45, 2.75) is 63.3 Å². The molecule has 2 aliphatic heterocycles. The maximum atomic E-state index is 13.0. The minimum Gasteiger partial charge on any atom is -0.497 e. The second-order valence-electron chi connectivity index (χ2n) is 11.1. The first-order valence-electron chi connectivity index (χ1n) is 14.4. The Balaban J connectivity index is 1.18. The fourth-order valence-corrected chi connectivity index (χ4v) is 5.52. The van der Waals surface area contributed by atoms with E-state index in [1.165, 1.54) is 12.8 Å². The molecule has 6 rings (SSSR count). The van der Waals surface area contributed by atoms with Crippen LogP contribution in [0.15, 0.2) is 48.5 Å². The fourth-order valence-electron chi connectivity index (χ4n) is 5.52. The molecule has 1 aliphatic carbocycles. The molecule has 0 unspecified atom stereocenters. The van der Waals surface area contributed by atoms with Crippen molar-refractivity contribution in [3.63, 3.8) is 0 Å². The van der Waals surface area contributed by atoms with Crippen LogP contribution in [0, 0.1) is 0 Å². The van der Waals surface area contributed by atoms with Gasteiger partial charge in [-0.15, -0.1) is 0 Å². The Morgan fingerprint density at radius 2 is 1.98 bits per heavy atom. The number of carbonyl (C=O) groups excluding carboxylic acids is 2. The van der Waals surface area contributed by atoms with E-state index in [-0.39, 0.29) is 24.0 Å². The second kappa shape index (κ2) is 12.3. The largest absolute Gasteiger partial charge is 0.497 e. The number of ether oxygens (including phenoxy) is 3. The highest BCUT2D eigenvalue weighted by Gasteiger charge is 2.32. The SMILES string of the molecule is COc1cc2cc(c1)C(=O)NCCCC(=O)N[C@H]1CN(Cc3cc(C4CC4)n[nH]3)CC[C@@H]1OCc1cccc(c1)O2. The van der Waals surface area contributed by atoms with Crippen LogP contribution in [0.25, 0.3) is 0 Å². The van der Waals surface area contributed by atoms with Crippen molar-refractivity contribution in [3.8, 4) is 17.2 Å². The molecule has 4 bridgehead atoms. The zero-order valence-corrected chi connectivity index (χ0v) is 23.4. The van der Waals surface area contributed by atoms with E-state index in [9.17, 15) is 9.59 Å². The number of piperidine rings is 1. The van der Waals surface area contributed by atoms with Gasteiger partial charge in [0.1, 0.15) is 17.2 Å². The Labute approximate surface area is 239 Å². The van der Waals surface area contributed by atoms with E-state index in [0.29, 0.717) is 61.3 Å². The molecule has 3 aromatic rings. The molecule has 10 nitrogen and oxygen atoms in total. The summed E-state index contributed by atoms with van der Waals surface area (Å²) in [5.74, 6) is 1.98. The monoisotopic (exact) mass is 559 g/mol. The molecule has 2 atom stereocenters. The predicted octanol–water partition coefficient (Wildman–Crippen LogP) is 3.89. The molecule has 1 saturated carbocycles. The Kier molecular flexibility index (Phi) is 8.20. The quantitative estimate of drug-likeness (QED) is 0.444. The number of benzene rings is 2. The minimum atomic E-state index is -0.246. The highest BCUT2D eigenvalue weighted by Crippen LogP contribution is 2.39. The highest BCUT2D eigenvalue weighted by atomic mass is 16.5. The first-order valence-corrected chi connectivity index (χ1v) is 14.4. The summed E-state index contributed by atoms with van der Waals surface area (Å²) in [6.07, 6.45) is 3.96. The van der Waals surface area contributed by atoms with Crippen molar-refractivity contribution >= 4 is 11.8 Å². The standard InChI is InChI=1S/C31H37N5O5/c1-39-25-13-22-14-26(16-25)41-24-5-2-4-20(12-24)19-40-29-9-11-36(17-23-15-27(35-34-23)21-7-8-21)18-28(29)33-30(37)6-3-10-32-31(22)38/h2,4-5,12-16,21,28-29H,3,6-11,17-19H2,1H3,(H,32,38)(H,33,37)(H,34,35)/t28-,29-/m0/s1. The van der Waals surface area contributed by atoms with E-state index in [4.69, 9.17) is 14.2 Å². The summed E-state index contributed by atoms with van der Waals surface area (Å²) in [4.78, 5) is 28.2. The number of nitrogens with zero attached hydrogens (tertiary/aromatic N) is 2. The number of hydrogen-bond acceptors (Lipinski definition) is 7. The molecule has 41 heavy (non-hydrogen) atoms. The minimum absolute atomic E-state index is 0.0440. The average molecular weight is 560 g/mol.